The second-order valence-corrected chi connectivity index (χ2v) is 23.6. The van der Waals surface area contributed by atoms with Crippen LogP contribution >= 0.6 is 21.6 Å². The molecule has 2 fully saturated rings. The Balaban J connectivity index is 1.11. The Bertz CT molecular complexity index is 2420. The summed E-state index contributed by atoms with van der Waals surface area (Å²) in [4.78, 5) is 3.37. The van der Waals surface area contributed by atoms with Crippen molar-refractivity contribution >= 4 is 21.6 Å². The molecule has 12 nitrogen and oxygen atoms in total. The summed E-state index contributed by atoms with van der Waals surface area (Å²) >= 11 is 0. The average molecular weight is 1010 g/mol. The topological polar surface area (TPSA) is 214 Å². The summed E-state index contributed by atoms with van der Waals surface area (Å²) in [7, 11) is 3.24. The average Bonchev–Trinajstić information content (AvgIpc) is 3.84. The number of aromatic hydroxyl groups is 1. The maximum Gasteiger partial charge on any atom is 0.161 e. The molecule has 3 heterocycles. The van der Waals surface area contributed by atoms with Crippen LogP contribution in [0.5, 0.6) is 11.5 Å². The summed E-state index contributed by atoms with van der Waals surface area (Å²) in [5.41, 5.74) is 13.5. The summed E-state index contributed by atoms with van der Waals surface area (Å²) in [5, 5.41) is 83.8. The van der Waals surface area contributed by atoms with Crippen molar-refractivity contribution in [2.75, 3.05) is 44.5 Å². The number of rotatable bonds is 11. The standard InChI is InChI=1S/C57H75N3O9S2/c1-2-34-21-38-24-49(65)52(69-53-25-39(22-42-9-6-17-59-42)44-15-18-60-56(58)48(44)33-71-70-32-40(30-62)55(53)67)27-46(38)47-26-50(66)54-36(23-45(34)47)14-16-57(29-43(64)12-13-51(54)68-20-19-61)28-37(10-11-41(57)31-63)35-7-4-3-5-8-35/h3-9,15,17,23-24,27,34,36-37,39-41,43,47,50-51,53-55,59-67H,2,10-13,18-22,25-26,28-33,58H2,1H3/t34-,36-,37+,39+,40-,41+,43+,47+,50+,51-,53-,54-,55-,57-/m0/s1. The van der Waals surface area contributed by atoms with E-state index in [1.54, 1.807) is 27.7 Å². The number of nitrogens with one attached hydrogen (secondary N) is 2. The number of benzene rings is 2. The first-order valence-corrected chi connectivity index (χ1v) is 28.6. The molecule has 0 amide bonds. The molecular weight excluding hydrogens is 935 g/mol. The number of aliphatic hydroxyl groups excluding tert-OH is 6. The smallest absolute Gasteiger partial charge is 0.161 e. The first-order chi connectivity index (χ1) is 34.5. The lowest BCUT2D eigenvalue weighted by molar-refractivity contribution is -0.0668. The highest BCUT2D eigenvalue weighted by Crippen LogP contribution is 2.54. The molecule has 1 saturated heterocycles. The molecule has 0 radical (unpaired) electrons. The van der Waals surface area contributed by atoms with Crippen LogP contribution in [-0.4, -0.2) is 116 Å². The number of aromatic amines is 1. The number of allylic oxidation sites excluding steroid dienone is 3. The molecule has 71 heavy (non-hydrogen) atoms. The van der Waals surface area contributed by atoms with Crippen LogP contribution < -0.4 is 15.8 Å². The van der Waals surface area contributed by atoms with E-state index < -0.39 is 53.7 Å². The Kier molecular flexibility index (Phi) is 17.2. The van der Waals surface area contributed by atoms with Gasteiger partial charge in [-0.1, -0.05) is 88.4 Å². The summed E-state index contributed by atoms with van der Waals surface area (Å²) < 4.78 is 13.4. The summed E-state index contributed by atoms with van der Waals surface area (Å²) in [5.74, 6) is 7.96. The molecule has 1 saturated carbocycles. The fourth-order valence-electron chi connectivity index (χ4n) is 13.2. The quantitative estimate of drug-likeness (QED) is 0.0541. The second-order valence-electron chi connectivity index (χ2n) is 21.1. The van der Waals surface area contributed by atoms with Gasteiger partial charge in [0.15, 0.2) is 11.5 Å². The van der Waals surface area contributed by atoms with Crippen LogP contribution in [0.2, 0.25) is 0 Å². The number of aromatic nitrogens is 1. The van der Waals surface area contributed by atoms with Gasteiger partial charge in [0.25, 0.3) is 0 Å². The highest BCUT2D eigenvalue weighted by Gasteiger charge is 2.48. The van der Waals surface area contributed by atoms with E-state index in [4.69, 9.17) is 15.2 Å². The van der Waals surface area contributed by atoms with E-state index in [1.807, 2.05) is 24.4 Å². The lowest BCUT2D eigenvalue weighted by Gasteiger charge is -2.45. The fourth-order valence-corrected chi connectivity index (χ4v) is 15.7. The van der Waals surface area contributed by atoms with Crippen LogP contribution in [-0.2, 0) is 17.6 Å². The molecule has 4 aliphatic carbocycles. The largest absolute Gasteiger partial charge is 0.504 e. The second kappa shape index (κ2) is 23.5. The van der Waals surface area contributed by atoms with Crippen LogP contribution in [0.3, 0.4) is 0 Å². The number of fused-ring (bicyclic) bond motifs is 5. The van der Waals surface area contributed by atoms with E-state index in [0.29, 0.717) is 75.2 Å². The van der Waals surface area contributed by atoms with Gasteiger partial charge in [-0.3, -0.25) is 0 Å². The van der Waals surface area contributed by atoms with E-state index in [-0.39, 0.29) is 67.5 Å². The van der Waals surface area contributed by atoms with E-state index in [2.05, 4.69) is 71.5 Å². The van der Waals surface area contributed by atoms with Gasteiger partial charge in [-0.15, -0.1) is 0 Å². The van der Waals surface area contributed by atoms with Gasteiger partial charge in [0, 0.05) is 77.8 Å². The molecule has 9 rings (SSSR count). The highest BCUT2D eigenvalue weighted by molar-refractivity contribution is 8.76. The van der Waals surface area contributed by atoms with Crippen LogP contribution in [0.15, 0.2) is 95.5 Å². The molecule has 3 aromatic rings. The van der Waals surface area contributed by atoms with Gasteiger partial charge in [-0.05, 0) is 141 Å². The predicted octanol–water partition coefficient (Wildman–Crippen LogP) is 6.86. The molecular formula is C57H75N3O9S2. The molecule has 1 spiro atoms. The summed E-state index contributed by atoms with van der Waals surface area (Å²) in [6.07, 6.45) is 9.01. The van der Waals surface area contributed by atoms with E-state index in [9.17, 15) is 35.7 Å². The van der Waals surface area contributed by atoms with Gasteiger partial charge in [0.1, 0.15) is 11.9 Å². The number of hydrogen-bond donors (Lipinski definition) is 10. The highest BCUT2D eigenvalue weighted by atomic mass is 33.1. The molecule has 0 unspecified atom stereocenters. The summed E-state index contributed by atoms with van der Waals surface area (Å²) in [6.45, 7) is 2.40. The number of dihydropyridines is 1. The lowest BCUT2D eigenvalue weighted by Crippen LogP contribution is -2.43. The zero-order valence-electron chi connectivity index (χ0n) is 41.0. The van der Waals surface area contributed by atoms with Crippen molar-refractivity contribution in [3.05, 3.63) is 118 Å². The molecule has 14 atom stereocenters. The van der Waals surface area contributed by atoms with Crippen molar-refractivity contribution in [2.45, 2.75) is 120 Å². The van der Waals surface area contributed by atoms with E-state index in [0.717, 1.165) is 47.2 Å². The molecule has 14 heteroatoms. The Morgan fingerprint density at radius 3 is 2.52 bits per heavy atom. The van der Waals surface area contributed by atoms with Gasteiger partial charge >= 0.3 is 0 Å². The molecule has 2 aromatic carbocycles. The Morgan fingerprint density at radius 2 is 1.76 bits per heavy atom. The van der Waals surface area contributed by atoms with E-state index >= 15 is 0 Å². The SMILES string of the molecule is CC[C@H]1Cc2cc(O)c(O[C@H]3C[C@@H](Cc4ccc[nH]4)C4=CCNC(N)=C4CSSC[C@H](CO)[C@@H]3O)cc2[C@@H]2C[C@@H](O)[C@H]3[C@@H](OCCO)CC[C@@H](O)C[C@]4(C#C[C@H]3C=C12)C[C@H](c1ccccc1)CC[C@@H]4CO. The molecule has 0 bridgehead atoms. The minimum Gasteiger partial charge on any atom is -0.504 e. The maximum absolute atomic E-state index is 12.8. The van der Waals surface area contributed by atoms with Crippen LogP contribution in [0.1, 0.15) is 98.9 Å². The maximum atomic E-state index is 12.8. The molecule has 1 aromatic heterocycles. The lowest BCUT2D eigenvalue weighted by atomic mass is 9.59. The number of ether oxygens (including phenoxy) is 2. The third kappa shape index (κ3) is 11.4. The number of H-pyrrole nitrogens is 1. The number of aliphatic hydroxyl groups is 6. The molecule has 11 N–H and O–H groups in total. The van der Waals surface area contributed by atoms with Gasteiger partial charge in [0.05, 0.1) is 37.6 Å². The third-order valence-electron chi connectivity index (χ3n) is 16.9. The van der Waals surface area contributed by atoms with Gasteiger partial charge in [-0.25, -0.2) is 0 Å². The van der Waals surface area contributed by atoms with Crippen molar-refractivity contribution in [3.63, 3.8) is 0 Å². The zero-order chi connectivity index (χ0) is 49.6. The Labute approximate surface area is 427 Å². The van der Waals surface area contributed by atoms with Crippen LogP contribution in [0.25, 0.3) is 0 Å². The van der Waals surface area contributed by atoms with Crippen molar-refractivity contribution in [2.24, 2.45) is 46.7 Å². The monoisotopic (exact) mass is 1010 g/mol. The summed E-state index contributed by atoms with van der Waals surface area (Å²) in [6, 6.07) is 18.2. The van der Waals surface area contributed by atoms with Crippen LogP contribution in [0.4, 0.5) is 0 Å². The van der Waals surface area contributed by atoms with Crippen molar-refractivity contribution in [1.29, 1.82) is 0 Å². The normalized spacial score (nSPS) is 34.5. The van der Waals surface area contributed by atoms with Gasteiger partial charge in [0.2, 0.25) is 0 Å². The number of nitrogens with two attached hydrogens (primary N) is 1. The number of phenols is 1. The number of hydrogen-bond acceptors (Lipinski definition) is 13. The minimum atomic E-state index is -1.07. The minimum absolute atomic E-state index is 0.0248. The molecule has 2 aliphatic heterocycles. The Hall–Kier alpha value is -3.88. The predicted molar refractivity (Wildman–Crippen MR) is 280 cm³/mol. The molecule has 6 aliphatic rings. The first kappa shape index (κ1) is 52.0. The van der Waals surface area contributed by atoms with Crippen molar-refractivity contribution in [3.8, 4) is 23.3 Å². The fraction of sp³-hybridized carbons (Fsp3) is 0.579. The van der Waals surface area contributed by atoms with Crippen molar-refractivity contribution in [1.82, 2.24) is 10.3 Å². The first-order valence-electron chi connectivity index (χ1n) is 26.1. The Morgan fingerprint density at radius 1 is 0.915 bits per heavy atom. The third-order valence-corrected chi connectivity index (χ3v) is 19.3. The van der Waals surface area contributed by atoms with E-state index in [1.165, 1.54) is 11.1 Å². The van der Waals surface area contributed by atoms with Gasteiger partial charge in [-0.2, -0.15) is 0 Å². The van der Waals surface area contributed by atoms with Gasteiger partial charge < -0.3 is 61.3 Å². The zero-order valence-corrected chi connectivity index (χ0v) is 42.6. The molecule has 384 valence electrons. The number of phenolic OH excluding ortho intramolecular Hbond substituents is 1. The van der Waals surface area contributed by atoms with Crippen LogP contribution in [0, 0.1) is 52.8 Å². The van der Waals surface area contributed by atoms with Crippen molar-refractivity contribution < 1.29 is 45.2 Å².